The van der Waals surface area contributed by atoms with Crippen molar-refractivity contribution < 1.29 is 28.9 Å². The number of hydrogen-bond donors (Lipinski definition) is 2. The number of rotatable bonds is 5. The van der Waals surface area contributed by atoms with Gasteiger partial charge >= 0.3 is 5.97 Å². The number of carbonyl (C=O) groups is 2. The van der Waals surface area contributed by atoms with Crippen molar-refractivity contribution in [3.63, 3.8) is 0 Å². The van der Waals surface area contributed by atoms with Gasteiger partial charge in [-0.25, -0.2) is 4.39 Å². The van der Waals surface area contributed by atoms with Crippen molar-refractivity contribution in [1.82, 2.24) is 9.47 Å². The smallest absolute Gasteiger partial charge is 0.309 e. The van der Waals surface area contributed by atoms with Gasteiger partial charge in [-0.05, 0) is 42.0 Å². The second-order valence-electron chi connectivity index (χ2n) is 8.73. The number of aliphatic hydroxyl groups is 1. The van der Waals surface area contributed by atoms with Crippen molar-refractivity contribution in [2.75, 3.05) is 13.7 Å². The number of aromatic nitrogens is 1. The average Bonchev–Trinajstić information content (AvgIpc) is 3.11. The summed E-state index contributed by atoms with van der Waals surface area (Å²) in [4.78, 5) is 40.6. The maximum atomic E-state index is 14.5. The summed E-state index contributed by atoms with van der Waals surface area (Å²) in [6, 6.07) is 13.9. The Morgan fingerprint density at radius 2 is 1.80 bits per heavy atom. The summed E-state index contributed by atoms with van der Waals surface area (Å²) in [6.07, 6.45) is 0. The highest BCUT2D eigenvalue weighted by molar-refractivity contribution is 5.96. The minimum Gasteiger partial charge on any atom is -0.497 e. The summed E-state index contributed by atoms with van der Waals surface area (Å²) in [7, 11) is 1.55. The number of amides is 1. The van der Waals surface area contributed by atoms with Crippen LogP contribution in [0.25, 0.3) is 11.1 Å². The van der Waals surface area contributed by atoms with Crippen LogP contribution in [0, 0.1) is 17.7 Å². The quantitative estimate of drug-likeness (QED) is 0.584. The zero-order valence-corrected chi connectivity index (χ0v) is 18.8. The number of carboxylic acid groups (broad SMARTS) is 1. The molecule has 2 N–H and O–H groups in total. The maximum absolute atomic E-state index is 14.5. The van der Waals surface area contributed by atoms with E-state index >= 15 is 0 Å². The van der Waals surface area contributed by atoms with Crippen LogP contribution in [0.5, 0.6) is 5.75 Å². The number of hydrogen-bond acceptors (Lipinski definition) is 5. The van der Waals surface area contributed by atoms with Gasteiger partial charge in [0.2, 0.25) is 0 Å². The fourth-order valence-electron chi connectivity index (χ4n) is 5.43. The molecule has 1 amide bonds. The number of nitrogens with zero attached hydrogens (tertiary/aromatic N) is 2. The molecule has 2 aromatic carbocycles. The van der Waals surface area contributed by atoms with E-state index in [-0.39, 0.29) is 17.7 Å². The van der Waals surface area contributed by atoms with Crippen LogP contribution in [0.15, 0.2) is 65.5 Å². The molecule has 35 heavy (non-hydrogen) atoms. The normalized spacial score (nSPS) is 22.5. The van der Waals surface area contributed by atoms with Crippen LogP contribution in [0.2, 0.25) is 0 Å². The lowest BCUT2D eigenvalue weighted by Crippen LogP contribution is -2.49. The van der Waals surface area contributed by atoms with E-state index in [2.05, 4.69) is 0 Å². The first-order valence-corrected chi connectivity index (χ1v) is 11.2. The van der Waals surface area contributed by atoms with Gasteiger partial charge in [0.25, 0.3) is 11.5 Å². The summed E-state index contributed by atoms with van der Waals surface area (Å²) in [5, 5.41) is 20.2. The summed E-state index contributed by atoms with van der Waals surface area (Å²) in [5.74, 6) is -3.91. The van der Waals surface area contributed by atoms with E-state index in [9.17, 15) is 29.0 Å². The van der Waals surface area contributed by atoms with Crippen molar-refractivity contribution in [1.29, 1.82) is 0 Å². The van der Waals surface area contributed by atoms with Crippen molar-refractivity contribution in [3.8, 4) is 16.9 Å². The van der Waals surface area contributed by atoms with Gasteiger partial charge in [0.15, 0.2) is 0 Å². The van der Waals surface area contributed by atoms with E-state index in [1.807, 2.05) is 0 Å². The molecule has 5 rings (SSSR count). The Bertz CT molecular complexity index is 1370. The van der Waals surface area contributed by atoms with E-state index in [0.717, 1.165) is 6.07 Å². The second kappa shape index (κ2) is 8.66. The molecule has 2 aliphatic rings. The molecule has 1 fully saturated rings. The molecule has 4 atom stereocenters. The van der Waals surface area contributed by atoms with Gasteiger partial charge < -0.3 is 24.4 Å². The molecular weight excluding hydrogens is 455 g/mol. The highest BCUT2D eigenvalue weighted by Crippen LogP contribution is 2.49. The van der Waals surface area contributed by atoms with Crippen LogP contribution in [0.3, 0.4) is 0 Å². The van der Waals surface area contributed by atoms with Crippen molar-refractivity contribution in [2.24, 2.45) is 11.8 Å². The Labute approximate surface area is 199 Å². The molecule has 9 heteroatoms. The van der Waals surface area contributed by atoms with Gasteiger partial charge in [-0.1, -0.05) is 24.3 Å². The minimum absolute atomic E-state index is 0.0101. The van der Waals surface area contributed by atoms with Gasteiger partial charge in [0.05, 0.1) is 30.7 Å². The molecule has 2 bridgehead atoms. The fourth-order valence-corrected chi connectivity index (χ4v) is 5.43. The number of pyridine rings is 1. The lowest BCUT2D eigenvalue weighted by atomic mass is 9.87. The summed E-state index contributed by atoms with van der Waals surface area (Å²) in [5.41, 5.74) is 0.907. The van der Waals surface area contributed by atoms with E-state index in [0.29, 0.717) is 22.6 Å². The molecule has 3 aromatic rings. The third-order valence-electron chi connectivity index (χ3n) is 7.07. The number of carboxylic acids is 1. The summed E-state index contributed by atoms with van der Waals surface area (Å²) >= 11 is 0. The monoisotopic (exact) mass is 478 g/mol. The SMILES string of the molecule is COc1ccc(-c2ccc3n(c2=O)C[C@H]2[C@H](CO)[C@@H](C(=O)O)[C@@H]3N2C(=O)c2ccccc2F)cc1. The zero-order valence-electron chi connectivity index (χ0n) is 18.8. The predicted molar refractivity (Wildman–Crippen MR) is 123 cm³/mol. The largest absolute Gasteiger partial charge is 0.497 e. The third kappa shape index (κ3) is 3.50. The molecule has 1 saturated heterocycles. The van der Waals surface area contributed by atoms with Crippen LogP contribution in [0.4, 0.5) is 4.39 Å². The van der Waals surface area contributed by atoms with Crippen LogP contribution < -0.4 is 10.3 Å². The second-order valence-corrected chi connectivity index (χ2v) is 8.73. The first-order valence-electron chi connectivity index (χ1n) is 11.2. The molecule has 0 spiro atoms. The van der Waals surface area contributed by atoms with Gasteiger partial charge in [0, 0.05) is 30.3 Å². The Kier molecular flexibility index (Phi) is 5.64. The van der Waals surface area contributed by atoms with Gasteiger partial charge in [-0.3, -0.25) is 14.4 Å². The van der Waals surface area contributed by atoms with Crippen LogP contribution in [0.1, 0.15) is 22.1 Å². The number of fused-ring (bicyclic) bond motifs is 4. The molecule has 3 heterocycles. The van der Waals surface area contributed by atoms with E-state index in [4.69, 9.17) is 4.74 Å². The Balaban J connectivity index is 1.65. The summed E-state index contributed by atoms with van der Waals surface area (Å²) in [6.45, 7) is -0.503. The zero-order chi connectivity index (χ0) is 24.9. The maximum Gasteiger partial charge on any atom is 0.309 e. The fraction of sp³-hybridized carbons (Fsp3) is 0.269. The van der Waals surface area contributed by atoms with Crippen LogP contribution in [-0.2, 0) is 11.3 Å². The Morgan fingerprint density at radius 1 is 1.09 bits per heavy atom. The number of ether oxygens (including phenoxy) is 1. The predicted octanol–water partition coefficient (Wildman–Crippen LogP) is 2.55. The van der Waals surface area contributed by atoms with E-state index < -0.39 is 48.2 Å². The molecule has 0 unspecified atom stereocenters. The van der Waals surface area contributed by atoms with E-state index in [1.165, 1.54) is 27.7 Å². The van der Waals surface area contributed by atoms with Gasteiger partial charge in [-0.15, -0.1) is 0 Å². The molecule has 0 saturated carbocycles. The molecule has 0 radical (unpaired) electrons. The lowest BCUT2D eigenvalue weighted by Gasteiger charge is -2.38. The number of aliphatic hydroxyl groups excluding tert-OH is 1. The number of aliphatic carboxylic acids is 1. The highest BCUT2D eigenvalue weighted by atomic mass is 19.1. The average molecular weight is 478 g/mol. The number of carbonyl (C=O) groups excluding carboxylic acids is 1. The molecular formula is C26H23FN2O6. The lowest BCUT2D eigenvalue weighted by molar-refractivity contribution is -0.144. The number of benzene rings is 2. The van der Waals surface area contributed by atoms with Crippen LogP contribution >= 0.6 is 0 Å². The molecule has 180 valence electrons. The van der Waals surface area contributed by atoms with Crippen molar-refractivity contribution in [2.45, 2.75) is 18.6 Å². The molecule has 0 aliphatic carbocycles. The van der Waals surface area contributed by atoms with Crippen molar-refractivity contribution in [3.05, 3.63) is 88.1 Å². The first kappa shape index (κ1) is 22.8. The topological polar surface area (TPSA) is 109 Å². The molecule has 8 nitrogen and oxygen atoms in total. The molecule has 1 aromatic heterocycles. The summed E-state index contributed by atoms with van der Waals surface area (Å²) < 4.78 is 21.1. The first-order chi connectivity index (χ1) is 16.9. The number of halogens is 1. The Hall–Kier alpha value is -3.98. The Morgan fingerprint density at radius 3 is 2.43 bits per heavy atom. The van der Waals surface area contributed by atoms with Gasteiger partial charge in [0.1, 0.15) is 11.6 Å². The molecule has 2 aliphatic heterocycles. The number of methoxy groups -OCH3 is 1. The van der Waals surface area contributed by atoms with E-state index in [1.54, 1.807) is 43.5 Å². The minimum atomic E-state index is -1.19. The third-order valence-corrected chi connectivity index (χ3v) is 7.07. The van der Waals surface area contributed by atoms with Crippen molar-refractivity contribution >= 4 is 11.9 Å². The highest BCUT2D eigenvalue weighted by Gasteiger charge is 2.58. The van der Waals surface area contributed by atoms with Crippen LogP contribution in [-0.4, -0.2) is 51.3 Å². The van der Waals surface area contributed by atoms with Gasteiger partial charge in [-0.2, -0.15) is 0 Å². The standard InChI is InChI=1S/C26H23FN2O6/c1-35-15-8-6-14(7-9-15)16-10-11-20-23-22(26(33)34)18(13-30)21(12-28(20)24(16)31)29(23)25(32)17-4-2-3-5-19(17)27/h2-11,18,21-23,30H,12-13H2,1H3,(H,33,34)/t18-,21-,22+,23+/m0/s1.